The molecule has 0 aromatic heterocycles. The highest BCUT2D eigenvalue weighted by Crippen LogP contribution is 2.15. The predicted molar refractivity (Wildman–Crippen MR) is 78.1 cm³/mol. The first kappa shape index (κ1) is 15.3. The average molecular weight is 311 g/mol. The summed E-state index contributed by atoms with van der Waals surface area (Å²) in [6, 6.07) is 10.3. The van der Waals surface area contributed by atoms with E-state index in [4.69, 9.17) is 11.6 Å². The van der Waals surface area contributed by atoms with Crippen molar-refractivity contribution in [3.05, 3.63) is 64.7 Å². The number of carbonyl (C=O) groups excluding carboxylic acids is 1. The highest BCUT2D eigenvalue weighted by molar-refractivity contribution is 6.31. The minimum Gasteiger partial charge on any atom is -0.374 e. The zero-order chi connectivity index (χ0) is 15.2. The lowest BCUT2D eigenvalue weighted by atomic mass is 10.2. The molecule has 6 heteroatoms. The van der Waals surface area contributed by atoms with E-state index in [-0.39, 0.29) is 24.7 Å². The molecule has 0 radical (unpaired) electrons. The first-order chi connectivity index (χ1) is 10.1. The maximum atomic E-state index is 13.4. The maximum Gasteiger partial charge on any atom is 0.239 e. The summed E-state index contributed by atoms with van der Waals surface area (Å²) in [6.45, 7) is 0.166. The quantitative estimate of drug-likeness (QED) is 0.889. The van der Waals surface area contributed by atoms with Crippen molar-refractivity contribution in [1.82, 2.24) is 5.32 Å². The van der Waals surface area contributed by atoms with Crippen molar-refractivity contribution in [2.75, 3.05) is 11.9 Å². The second kappa shape index (κ2) is 7.04. The first-order valence-electron chi connectivity index (χ1n) is 6.25. The molecule has 0 saturated carbocycles. The summed E-state index contributed by atoms with van der Waals surface area (Å²) in [4.78, 5) is 11.7. The number of benzene rings is 2. The van der Waals surface area contributed by atoms with E-state index in [2.05, 4.69) is 10.6 Å². The van der Waals surface area contributed by atoms with Crippen molar-refractivity contribution in [3.8, 4) is 0 Å². The molecule has 21 heavy (non-hydrogen) atoms. The van der Waals surface area contributed by atoms with Crippen LogP contribution in [0.25, 0.3) is 0 Å². The Bertz CT molecular complexity index is 649. The molecular weight excluding hydrogens is 298 g/mol. The number of nitrogens with one attached hydrogen (secondary N) is 2. The van der Waals surface area contributed by atoms with Gasteiger partial charge in [-0.2, -0.15) is 0 Å². The number of halogens is 3. The minimum absolute atomic E-state index is 0.0734. The van der Waals surface area contributed by atoms with E-state index in [1.807, 2.05) is 6.07 Å². The van der Waals surface area contributed by atoms with Gasteiger partial charge in [0.15, 0.2) is 0 Å². The number of hydrogen-bond acceptors (Lipinski definition) is 2. The second-order valence-corrected chi connectivity index (χ2v) is 4.75. The number of rotatable bonds is 5. The summed E-state index contributed by atoms with van der Waals surface area (Å²) in [5, 5.41) is 5.83. The molecule has 0 aliphatic carbocycles. The van der Waals surface area contributed by atoms with Gasteiger partial charge in [0.05, 0.1) is 12.2 Å². The highest BCUT2D eigenvalue weighted by atomic mass is 35.5. The van der Waals surface area contributed by atoms with E-state index in [1.165, 1.54) is 6.07 Å². The zero-order valence-corrected chi connectivity index (χ0v) is 11.8. The average Bonchev–Trinajstić information content (AvgIpc) is 2.45. The molecule has 0 saturated heterocycles. The van der Waals surface area contributed by atoms with Gasteiger partial charge in [0.1, 0.15) is 11.6 Å². The normalized spacial score (nSPS) is 10.2. The Kier molecular flexibility index (Phi) is 5.11. The molecule has 2 aromatic rings. The molecule has 0 unspecified atom stereocenters. The van der Waals surface area contributed by atoms with Crippen LogP contribution >= 0.6 is 11.6 Å². The Morgan fingerprint density at radius 3 is 2.62 bits per heavy atom. The summed E-state index contributed by atoms with van der Waals surface area (Å²) in [5.74, 6) is -1.73. The van der Waals surface area contributed by atoms with Crippen molar-refractivity contribution in [2.45, 2.75) is 6.54 Å². The van der Waals surface area contributed by atoms with Crippen LogP contribution in [0.1, 0.15) is 5.56 Å². The molecule has 1 amide bonds. The van der Waals surface area contributed by atoms with Crippen molar-refractivity contribution in [2.24, 2.45) is 0 Å². The van der Waals surface area contributed by atoms with Gasteiger partial charge in [-0.15, -0.1) is 0 Å². The van der Waals surface area contributed by atoms with Crippen LogP contribution in [0.5, 0.6) is 0 Å². The van der Waals surface area contributed by atoms with Gasteiger partial charge in [-0.3, -0.25) is 4.79 Å². The van der Waals surface area contributed by atoms with Gasteiger partial charge in [0, 0.05) is 17.6 Å². The van der Waals surface area contributed by atoms with Crippen molar-refractivity contribution in [1.29, 1.82) is 0 Å². The lowest BCUT2D eigenvalue weighted by molar-refractivity contribution is -0.119. The Labute approximate surface area is 125 Å². The molecule has 0 spiro atoms. The molecule has 2 rings (SSSR count). The van der Waals surface area contributed by atoms with Crippen LogP contribution in [0.3, 0.4) is 0 Å². The molecule has 2 N–H and O–H groups in total. The molecule has 0 aliphatic heterocycles. The van der Waals surface area contributed by atoms with Gasteiger partial charge in [-0.1, -0.05) is 29.8 Å². The molecule has 0 atom stereocenters. The SMILES string of the molecule is O=C(CNc1ccc(F)cc1F)NCc1ccccc1Cl. The van der Waals surface area contributed by atoms with E-state index in [0.29, 0.717) is 5.02 Å². The van der Waals surface area contributed by atoms with Gasteiger partial charge in [0.25, 0.3) is 0 Å². The van der Waals surface area contributed by atoms with E-state index >= 15 is 0 Å². The van der Waals surface area contributed by atoms with Crippen LogP contribution in [-0.4, -0.2) is 12.5 Å². The summed E-state index contributed by atoms with van der Waals surface area (Å²) in [7, 11) is 0. The van der Waals surface area contributed by atoms with Crippen LogP contribution in [-0.2, 0) is 11.3 Å². The lowest BCUT2D eigenvalue weighted by Gasteiger charge is -2.09. The Balaban J connectivity index is 1.84. The fraction of sp³-hybridized carbons (Fsp3) is 0.133. The van der Waals surface area contributed by atoms with Crippen LogP contribution in [0, 0.1) is 11.6 Å². The Morgan fingerprint density at radius 1 is 1.14 bits per heavy atom. The molecule has 0 bridgehead atoms. The fourth-order valence-corrected chi connectivity index (χ4v) is 1.91. The van der Waals surface area contributed by atoms with Crippen LogP contribution in [0.15, 0.2) is 42.5 Å². The summed E-state index contributed by atoms with van der Waals surface area (Å²) in [6.07, 6.45) is 0. The lowest BCUT2D eigenvalue weighted by Crippen LogP contribution is -2.29. The molecular formula is C15H13ClF2N2O. The van der Waals surface area contributed by atoms with Gasteiger partial charge >= 0.3 is 0 Å². The second-order valence-electron chi connectivity index (χ2n) is 4.35. The van der Waals surface area contributed by atoms with E-state index in [0.717, 1.165) is 17.7 Å². The summed E-state index contributed by atoms with van der Waals surface area (Å²) >= 11 is 5.96. The zero-order valence-electron chi connectivity index (χ0n) is 11.0. The van der Waals surface area contributed by atoms with Crippen molar-refractivity contribution < 1.29 is 13.6 Å². The van der Waals surface area contributed by atoms with E-state index < -0.39 is 11.6 Å². The molecule has 0 aliphatic rings. The third kappa shape index (κ3) is 4.43. The minimum atomic E-state index is -0.742. The standard InChI is InChI=1S/C15H13ClF2N2O/c16-12-4-2-1-3-10(12)8-20-15(21)9-19-14-6-5-11(17)7-13(14)18/h1-7,19H,8-9H2,(H,20,21). The molecule has 0 heterocycles. The monoisotopic (exact) mass is 310 g/mol. The van der Waals surface area contributed by atoms with Gasteiger partial charge < -0.3 is 10.6 Å². The van der Waals surface area contributed by atoms with Gasteiger partial charge in [-0.05, 0) is 23.8 Å². The number of amides is 1. The third-order valence-corrected chi connectivity index (χ3v) is 3.17. The molecule has 3 nitrogen and oxygen atoms in total. The Hall–Kier alpha value is -2.14. The predicted octanol–water partition coefficient (Wildman–Crippen LogP) is 3.35. The summed E-state index contributed by atoms with van der Waals surface area (Å²) < 4.78 is 26.1. The van der Waals surface area contributed by atoms with Crippen LogP contribution in [0.2, 0.25) is 5.02 Å². The first-order valence-corrected chi connectivity index (χ1v) is 6.63. The highest BCUT2D eigenvalue weighted by Gasteiger charge is 2.06. The van der Waals surface area contributed by atoms with Gasteiger partial charge in [-0.25, -0.2) is 8.78 Å². The topological polar surface area (TPSA) is 41.1 Å². The smallest absolute Gasteiger partial charge is 0.239 e. The van der Waals surface area contributed by atoms with Crippen LogP contribution < -0.4 is 10.6 Å². The number of anilines is 1. The fourth-order valence-electron chi connectivity index (χ4n) is 1.71. The number of carbonyl (C=O) groups is 1. The number of hydrogen-bond donors (Lipinski definition) is 2. The van der Waals surface area contributed by atoms with Crippen molar-refractivity contribution >= 4 is 23.2 Å². The van der Waals surface area contributed by atoms with Gasteiger partial charge in [0.2, 0.25) is 5.91 Å². The largest absolute Gasteiger partial charge is 0.374 e. The molecule has 0 fully saturated rings. The van der Waals surface area contributed by atoms with E-state index in [1.54, 1.807) is 18.2 Å². The van der Waals surface area contributed by atoms with E-state index in [9.17, 15) is 13.6 Å². The summed E-state index contributed by atoms with van der Waals surface area (Å²) in [5.41, 5.74) is 0.866. The molecule has 2 aromatic carbocycles. The van der Waals surface area contributed by atoms with Crippen LogP contribution in [0.4, 0.5) is 14.5 Å². The third-order valence-electron chi connectivity index (χ3n) is 2.80. The Morgan fingerprint density at radius 2 is 1.90 bits per heavy atom. The maximum absolute atomic E-state index is 13.4. The molecule has 110 valence electrons. The van der Waals surface area contributed by atoms with Crippen molar-refractivity contribution in [3.63, 3.8) is 0 Å².